The van der Waals surface area contributed by atoms with Gasteiger partial charge in [0.25, 0.3) is 0 Å². The number of hydrogen-bond acceptors (Lipinski definition) is 3. The van der Waals surface area contributed by atoms with Crippen LogP contribution in [0.4, 0.5) is 0 Å². The lowest BCUT2D eigenvalue weighted by Crippen LogP contribution is -2.44. The zero-order chi connectivity index (χ0) is 14.8. The number of ether oxygens (including phenoxy) is 1. The number of hydrogen-bond donors (Lipinski definition) is 1. The first-order valence-electron chi connectivity index (χ1n) is 7.68. The van der Waals surface area contributed by atoms with Crippen LogP contribution < -0.4 is 4.74 Å². The van der Waals surface area contributed by atoms with Crippen molar-refractivity contribution in [2.75, 3.05) is 6.61 Å². The Kier molecular flexibility index (Phi) is 4.38. The third kappa shape index (κ3) is 2.98. The standard InChI is InChI=1S/C17H27NO2/c1-5-20-14-10-13(11-18-12-14)17(19)9-7-6-8-15(17)16(2,3)4/h10-12,15,19H,5-9H2,1-4H3. The van der Waals surface area contributed by atoms with Crippen LogP contribution >= 0.6 is 0 Å². The number of rotatable bonds is 3. The third-order valence-electron chi connectivity index (χ3n) is 4.45. The highest BCUT2D eigenvalue weighted by atomic mass is 16.5. The smallest absolute Gasteiger partial charge is 0.137 e. The molecule has 1 heterocycles. The van der Waals surface area contributed by atoms with E-state index >= 15 is 0 Å². The Labute approximate surface area is 122 Å². The Bertz CT molecular complexity index is 453. The van der Waals surface area contributed by atoms with Crippen molar-refractivity contribution < 1.29 is 9.84 Å². The van der Waals surface area contributed by atoms with Crippen molar-refractivity contribution in [1.82, 2.24) is 4.98 Å². The Hall–Kier alpha value is -1.09. The van der Waals surface area contributed by atoms with Gasteiger partial charge in [-0.25, -0.2) is 0 Å². The first-order chi connectivity index (χ1) is 9.38. The molecule has 20 heavy (non-hydrogen) atoms. The second-order valence-electron chi connectivity index (χ2n) is 6.93. The van der Waals surface area contributed by atoms with Crippen LogP contribution in [0.1, 0.15) is 58.9 Å². The largest absolute Gasteiger partial charge is 0.492 e. The summed E-state index contributed by atoms with van der Waals surface area (Å²) in [4.78, 5) is 4.26. The molecule has 0 amide bonds. The van der Waals surface area contributed by atoms with Crippen molar-refractivity contribution in [2.45, 2.75) is 59.0 Å². The fourth-order valence-electron chi connectivity index (χ4n) is 3.55. The van der Waals surface area contributed by atoms with Gasteiger partial charge in [0, 0.05) is 11.8 Å². The number of nitrogens with zero attached hydrogens (tertiary/aromatic N) is 1. The molecule has 0 aromatic carbocycles. The maximum Gasteiger partial charge on any atom is 0.137 e. The average Bonchev–Trinajstić information content (AvgIpc) is 2.38. The summed E-state index contributed by atoms with van der Waals surface area (Å²) in [7, 11) is 0. The molecule has 1 aromatic heterocycles. The van der Waals surface area contributed by atoms with E-state index in [1.807, 2.05) is 13.0 Å². The molecule has 0 saturated heterocycles. The molecule has 0 bridgehead atoms. The SMILES string of the molecule is CCOc1cncc(C2(O)CCCCC2C(C)(C)C)c1. The predicted molar refractivity (Wildman–Crippen MR) is 80.7 cm³/mol. The van der Waals surface area contributed by atoms with Crippen LogP contribution in [0, 0.1) is 11.3 Å². The van der Waals surface area contributed by atoms with Crippen LogP contribution in [0.25, 0.3) is 0 Å². The van der Waals surface area contributed by atoms with Gasteiger partial charge in [-0.3, -0.25) is 4.98 Å². The molecule has 1 aromatic rings. The molecule has 1 N–H and O–H groups in total. The lowest BCUT2D eigenvalue weighted by atomic mass is 9.62. The highest BCUT2D eigenvalue weighted by molar-refractivity contribution is 5.29. The molecule has 0 radical (unpaired) electrons. The Balaban J connectivity index is 2.38. The zero-order valence-electron chi connectivity index (χ0n) is 13.1. The Morgan fingerprint density at radius 3 is 2.75 bits per heavy atom. The van der Waals surface area contributed by atoms with Gasteiger partial charge in [0.2, 0.25) is 0 Å². The highest BCUT2D eigenvalue weighted by Crippen LogP contribution is 2.49. The van der Waals surface area contributed by atoms with Crippen LogP contribution in [0.2, 0.25) is 0 Å². The molecule has 0 aliphatic heterocycles. The van der Waals surface area contributed by atoms with Gasteiger partial charge in [-0.2, -0.15) is 0 Å². The summed E-state index contributed by atoms with van der Waals surface area (Å²) in [6.07, 6.45) is 7.66. The molecule has 1 saturated carbocycles. The summed E-state index contributed by atoms with van der Waals surface area (Å²) < 4.78 is 5.53. The molecule has 3 nitrogen and oxygen atoms in total. The molecular formula is C17H27NO2. The summed E-state index contributed by atoms with van der Waals surface area (Å²) in [5, 5.41) is 11.3. The summed E-state index contributed by atoms with van der Waals surface area (Å²) in [6.45, 7) is 9.22. The quantitative estimate of drug-likeness (QED) is 0.911. The van der Waals surface area contributed by atoms with Crippen molar-refractivity contribution in [2.24, 2.45) is 11.3 Å². The molecule has 1 aliphatic rings. The van der Waals surface area contributed by atoms with E-state index in [1.54, 1.807) is 12.4 Å². The monoisotopic (exact) mass is 277 g/mol. The second kappa shape index (κ2) is 5.72. The Morgan fingerprint density at radius 2 is 2.10 bits per heavy atom. The van der Waals surface area contributed by atoms with Crippen molar-refractivity contribution >= 4 is 0 Å². The summed E-state index contributed by atoms with van der Waals surface area (Å²) >= 11 is 0. The minimum Gasteiger partial charge on any atom is -0.492 e. The summed E-state index contributed by atoms with van der Waals surface area (Å²) in [6, 6.07) is 1.96. The number of aromatic nitrogens is 1. The fourth-order valence-corrected chi connectivity index (χ4v) is 3.55. The first-order valence-corrected chi connectivity index (χ1v) is 7.68. The zero-order valence-corrected chi connectivity index (χ0v) is 13.1. The molecule has 2 atom stereocenters. The van der Waals surface area contributed by atoms with Gasteiger partial charge in [-0.15, -0.1) is 0 Å². The molecule has 2 rings (SSSR count). The van der Waals surface area contributed by atoms with Crippen molar-refractivity contribution in [3.63, 3.8) is 0 Å². The van der Waals surface area contributed by atoms with Gasteiger partial charge in [0.1, 0.15) is 5.75 Å². The van der Waals surface area contributed by atoms with E-state index in [1.165, 1.54) is 6.42 Å². The van der Waals surface area contributed by atoms with Gasteiger partial charge in [-0.05, 0) is 37.2 Å². The molecule has 112 valence electrons. The topological polar surface area (TPSA) is 42.4 Å². The van der Waals surface area contributed by atoms with E-state index in [-0.39, 0.29) is 11.3 Å². The highest BCUT2D eigenvalue weighted by Gasteiger charge is 2.46. The van der Waals surface area contributed by atoms with E-state index in [9.17, 15) is 5.11 Å². The molecule has 3 heteroatoms. The van der Waals surface area contributed by atoms with E-state index in [4.69, 9.17) is 4.74 Å². The van der Waals surface area contributed by atoms with Crippen LogP contribution in [0.15, 0.2) is 18.5 Å². The summed E-state index contributed by atoms with van der Waals surface area (Å²) in [5.41, 5.74) is 0.205. The number of pyridine rings is 1. The maximum atomic E-state index is 11.3. The number of aliphatic hydroxyl groups is 1. The lowest BCUT2D eigenvalue weighted by Gasteiger charge is -2.47. The van der Waals surface area contributed by atoms with Gasteiger partial charge < -0.3 is 9.84 Å². The maximum absolute atomic E-state index is 11.3. The van der Waals surface area contributed by atoms with Gasteiger partial charge in [0.05, 0.1) is 18.4 Å². The normalized spacial score (nSPS) is 27.4. The fraction of sp³-hybridized carbons (Fsp3) is 0.706. The van der Waals surface area contributed by atoms with Crippen LogP contribution in [-0.4, -0.2) is 16.7 Å². The van der Waals surface area contributed by atoms with E-state index in [0.29, 0.717) is 6.61 Å². The minimum atomic E-state index is -0.781. The van der Waals surface area contributed by atoms with Crippen molar-refractivity contribution in [3.8, 4) is 5.75 Å². The van der Waals surface area contributed by atoms with Crippen LogP contribution in [-0.2, 0) is 5.60 Å². The van der Waals surface area contributed by atoms with Crippen LogP contribution in [0.5, 0.6) is 5.75 Å². The van der Waals surface area contributed by atoms with E-state index in [2.05, 4.69) is 25.8 Å². The average molecular weight is 277 g/mol. The Morgan fingerprint density at radius 1 is 1.35 bits per heavy atom. The van der Waals surface area contributed by atoms with E-state index < -0.39 is 5.60 Å². The van der Waals surface area contributed by atoms with Gasteiger partial charge >= 0.3 is 0 Å². The lowest BCUT2D eigenvalue weighted by molar-refractivity contribution is -0.0962. The molecule has 1 aliphatic carbocycles. The third-order valence-corrected chi connectivity index (χ3v) is 4.45. The van der Waals surface area contributed by atoms with Crippen molar-refractivity contribution in [3.05, 3.63) is 24.0 Å². The van der Waals surface area contributed by atoms with Crippen molar-refractivity contribution in [1.29, 1.82) is 0 Å². The molecular weight excluding hydrogens is 250 g/mol. The van der Waals surface area contributed by atoms with E-state index in [0.717, 1.165) is 30.6 Å². The van der Waals surface area contributed by atoms with Crippen LogP contribution in [0.3, 0.4) is 0 Å². The molecule has 1 fully saturated rings. The molecule has 2 unspecified atom stereocenters. The second-order valence-corrected chi connectivity index (χ2v) is 6.93. The summed E-state index contributed by atoms with van der Waals surface area (Å²) in [5.74, 6) is 0.999. The van der Waals surface area contributed by atoms with Gasteiger partial charge in [0.15, 0.2) is 0 Å². The molecule has 0 spiro atoms. The first kappa shape index (κ1) is 15.3. The predicted octanol–water partition coefficient (Wildman–Crippen LogP) is 3.90. The minimum absolute atomic E-state index is 0.0801. The van der Waals surface area contributed by atoms with Gasteiger partial charge in [-0.1, -0.05) is 33.6 Å².